The molecule has 1 saturated carbocycles. The maximum absolute atomic E-state index is 8.79. The topological polar surface area (TPSA) is 49.5 Å². The van der Waals surface area contributed by atoms with Gasteiger partial charge in [-0.05, 0) is 38.8 Å². The van der Waals surface area contributed by atoms with Crippen molar-refractivity contribution in [3.8, 4) is 0 Å². The number of hydrogen-bond acceptors (Lipinski definition) is 3. The standard InChI is InChI=1S/C10H22N2O/c1-2-6-12(10-3-4-10)7-5-9(11)8-13/h9-10,13H,2-8,11H2,1H3. The van der Waals surface area contributed by atoms with Gasteiger partial charge in [0.1, 0.15) is 0 Å². The summed E-state index contributed by atoms with van der Waals surface area (Å²) in [6.07, 6.45) is 4.85. The van der Waals surface area contributed by atoms with Gasteiger partial charge in [0.05, 0.1) is 6.61 Å². The summed E-state index contributed by atoms with van der Waals surface area (Å²) in [6, 6.07) is 0.795. The largest absolute Gasteiger partial charge is 0.395 e. The molecule has 0 amide bonds. The molecule has 1 unspecified atom stereocenters. The smallest absolute Gasteiger partial charge is 0.0583 e. The van der Waals surface area contributed by atoms with Gasteiger partial charge >= 0.3 is 0 Å². The number of hydrogen-bond donors (Lipinski definition) is 2. The predicted octanol–water partition coefficient (Wildman–Crippen LogP) is 0.571. The minimum atomic E-state index is -0.0295. The molecule has 78 valence electrons. The number of nitrogens with two attached hydrogens (primary N) is 1. The van der Waals surface area contributed by atoms with Crippen LogP contribution in [0.2, 0.25) is 0 Å². The maximum atomic E-state index is 8.79. The highest BCUT2D eigenvalue weighted by molar-refractivity contribution is 4.84. The van der Waals surface area contributed by atoms with E-state index < -0.39 is 0 Å². The Balaban J connectivity index is 2.14. The summed E-state index contributed by atoms with van der Waals surface area (Å²) in [5, 5.41) is 8.79. The zero-order chi connectivity index (χ0) is 9.68. The van der Waals surface area contributed by atoms with Crippen molar-refractivity contribution in [2.24, 2.45) is 5.73 Å². The van der Waals surface area contributed by atoms with Crippen molar-refractivity contribution in [2.45, 2.75) is 44.7 Å². The summed E-state index contributed by atoms with van der Waals surface area (Å²) in [5.74, 6) is 0. The number of nitrogens with zero attached hydrogens (tertiary/aromatic N) is 1. The van der Waals surface area contributed by atoms with Gasteiger partial charge in [-0.25, -0.2) is 0 Å². The lowest BCUT2D eigenvalue weighted by Gasteiger charge is -2.22. The Labute approximate surface area is 80.9 Å². The van der Waals surface area contributed by atoms with Gasteiger partial charge in [-0.1, -0.05) is 6.92 Å². The molecule has 1 aliphatic carbocycles. The normalized spacial score (nSPS) is 19.4. The third kappa shape index (κ3) is 4.07. The first-order valence-electron chi connectivity index (χ1n) is 5.38. The fourth-order valence-electron chi connectivity index (χ4n) is 1.63. The Morgan fingerprint density at radius 2 is 2.15 bits per heavy atom. The second-order valence-corrected chi connectivity index (χ2v) is 4.00. The first-order chi connectivity index (χ1) is 6.27. The van der Waals surface area contributed by atoms with Crippen molar-refractivity contribution in [3.63, 3.8) is 0 Å². The highest BCUT2D eigenvalue weighted by Crippen LogP contribution is 2.26. The number of aliphatic hydroxyl groups is 1. The Kier molecular flexibility index (Phi) is 4.70. The van der Waals surface area contributed by atoms with E-state index in [1.807, 2.05) is 0 Å². The summed E-state index contributed by atoms with van der Waals surface area (Å²) < 4.78 is 0. The van der Waals surface area contributed by atoms with Gasteiger partial charge in [0.15, 0.2) is 0 Å². The average Bonchev–Trinajstić information content (AvgIpc) is 2.94. The third-order valence-electron chi connectivity index (χ3n) is 2.60. The molecular weight excluding hydrogens is 164 g/mol. The van der Waals surface area contributed by atoms with E-state index in [4.69, 9.17) is 10.8 Å². The maximum Gasteiger partial charge on any atom is 0.0583 e. The minimum absolute atomic E-state index is 0.0295. The van der Waals surface area contributed by atoms with Gasteiger partial charge in [-0.2, -0.15) is 0 Å². The second-order valence-electron chi connectivity index (χ2n) is 4.00. The summed E-state index contributed by atoms with van der Waals surface area (Å²) in [6.45, 7) is 4.56. The molecule has 1 fully saturated rings. The molecule has 0 aromatic carbocycles. The van der Waals surface area contributed by atoms with Gasteiger partial charge in [-0.15, -0.1) is 0 Å². The Morgan fingerprint density at radius 3 is 2.62 bits per heavy atom. The van der Waals surface area contributed by atoms with Crippen LogP contribution >= 0.6 is 0 Å². The van der Waals surface area contributed by atoms with E-state index in [-0.39, 0.29) is 12.6 Å². The lowest BCUT2D eigenvalue weighted by atomic mass is 10.2. The van der Waals surface area contributed by atoms with Crippen molar-refractivity contribution in [2.75, 3.05) is 19.7 Å². The Hall–Kier alpha value is -0.120. The first kappa shape index (κ1) is 11.0. The van der Waals surface area contributed by atoms with Gasteiger partial charge in [-0.3, -0.25) is 0 Å². The number of rotatable bonds is 7. The SMILES string of the molecule is CCCN(CCC(N)CO)C1CC1. The van der Waals surface area contributed by atoms with Crippen molar-refractivity contribution in [1.29, 1.82) is 0 Å². The molecule has 3 nitrogen and oxygen atoms in total. The van der Waals surface area contributed by atoms with Crippen LogP contribution in [0, 0.1) is 0 Å². The zero-order valence-electron chi connectivity index (χ0n) is 8.58. The second kappa shape index (κ2) is 5.58. The van der Waals surface area contributed by atoms with E-state index in [0.717, 1.165) is 19.0 Å². The molecule has 1 rings (SSSR count). The molecular formula is C10H22N2O. The average molecular weight is 186 g/mol. The van der Waals surface area contributed by atoms with E-state index >= 15 is 0 Å². The summed E-state index contributed by atoms with van der Waals surface area (Å²) in [5.41, 5.74) is 5.66. The van der Waals surface area contributed by atoms with Gasteiger partial charge < -0.3 is 15.7 Å². The van der Waals surface area contributed by atoms with Crippen LogP contribution in [0.25, 0.3) is 0 Å². The Bertz CT molecular complexity index is 137. The van der Waals surface area contributed by atoms with Gasteiger partial charge in [0.2, 0.25) is 0 Å². The lowest BCUT2D eigenvalue weighted by molar-refractivity contribution is 0.218. The van der Waals surface area contributed by atoms with Gasteiger partial charge in [0.25, 0.3) is 0 Å². The van der Waals surface area contributed by atoms with Crippen LogP contribution in [0.15, 0.2) is 0 Å². The summed E-state index contributed by atoms with van der Waals surface area (Å²) >= 11 is 0. The molecule has 0 spiro atoms. The van der Waals surface area contributed by atoms with Crippen LogP contribution in [0.3, 0.4) is 0 Å². The molecule has 3 N–H and O–H groups in total. The monoisotopic (exact) mass is 186 g/mol. The first-order valence-corrected chi connectivity index (χ1v) is 5.38. The summed E-state index contributed by atoms with van der Waals surface area (Å²) in [7, 11) is 0. The van der Waals surface area contributed by atoms with Crippen LogP contribution in [0.4, 0.5) is 0 Å². The van der Waals surface area contributed by atoms with Crippen LogP contribution in [0.5, 0.6) is 0 Å². The van der Waals surface area contributed by atoms with Crippen molar-refractivity contribution in [1.82, 2.24) is 4.90 Å². The third-order valence-corrected chi connectivity index (χ3v) is 2.60. The fourth-order valence-corrected chi connectivity index (χ4v) is 1.63. The quantitative estimate of drug-likeness (QED) is 0.611. The van der Waals surface area contributed by atoms with E-state index in [9.17, 15) is 0 Å². The molecule has 13 heavy (non-hydrogen) atoms. The van der Waals surface area contributed by atoms with Crippen LogP contribution < -0.4 is 5.73 Å². The highest BCUT2D eigenvalue weighted by Gasteiger charge is 2.27. The van der Waals surface area contributed by atoms with Crippen molar-refractivity contribution in [3.05, 3.63) is 0 Å². The summed E-state index contributed by atoms with van der Waals surface area (Å²) in [4.78, 5) is 2.51. The lowest BCUT2D eigenvalue weighted by Crippen LogP contribution is -2.34. The van der Waals surface area contributed by atoms with E-state index in [1.165, 1.54) is 25.8 Å². The van der Waals surface area contributed by atoms with Gasteiger partial charge in [0, 0.05) is 12.1 Å². The minimum Gasteiger partial charge on any atom is -0.395 e. The molecule has 1 aliphatic rings. The Morgan fingerprint density at radius 1 is 1.46 bits per heavy atom. The molecule has 0 aliphatic heterocycles. The molecule has 0 heterocycles. The van der Waals surface area contributed by atoms with Crippen LogP contribution in [0.1, 0.15) is 32.6 Å². The van der Waals surface area contributed by atoms with Crippen LogP contribution in [-0.4, -0.2) is 41.8 Å². The fraction of sp³-hybridized carbons (Fsp3) is 1.00. The van der Waals surface area contributed by atoms with Crippen molar-refractivity contribution >= 4 is 0 Å². The molecule has 0 bridgehead atoms. The van der Waals surface area contributed by atoms with E-state index in [1.54, 1.807) is 0 Å². The predicted molar refractivity (Wildman–Crippen MR) is 54.6 cm³/mol. The molecule has 3 heteroatoms. The molecule has 1 atom stereocenters. The molecule has 0 aromatic heterocycles. The van der Waals surface area contributed by atoms with Crippen LogP contribution in [-0.2, 0) is 0 Å². The molecule has 0 aromatic rings. The van der Waals surface area contributed by atoms with Crippen molar-refractivity contribution < 1.29 is 5.11 Å². The highest BCUT2D eigenvalue weighted by atomic mass is 16.3. The molecule has 0 saturated heterocycles. The zero-order valence-corrected chi connectivity index (χ0v) is 8.58. The van der Waals surface area contributed by atoms with E-state index in [2.05, 4.69) is 11.8 Å². The number of aliphatic hydroxyl groups excluding tert-OH is 1. The molecule has 0 radical (unpaired) electrons. The van der Waals surface area contributed by atoms with E-state index in [0.29, 0.717) is 0 Å².